The second-order valence-corrected chi connectivity index (χ2v) is 5.93. The van der Waals surface area contributed by atoms with Crippen LogP contribution in [0, 0.1) is 17.0 Å². The zero-order valence-electron chi connectivity index (χ0n) is 13.6. The van der Waals surface area contributed by atoms with E-state index in [2.05, 4.69) is 10.6 Å². The number of nitrogens with zero attached hydrogens (tertiary/aromatic N) is 1. The molecule has 0 unspecified atom stereocenters. The number of nitrogens with one attached hydrogen (secondary N) is 2. The molecule has 0 fully saturated rings. The van der Waals surface area contributed by atoms with E-state index in [1.165, 1.54) is 12.1 Å². The first-order chi connectivity index (χ1) is 10.6. The maximum atomic E-state index is 11.8. The van der Waals surface area contributed by atoms with E-state index < -0.39 is 16.6 Å². The van der Waals surface area contributed by atoms with E-state index in [1.807, 2.05) is 0 Å². The summed E-state index contributed by atoms with van der Waals surface area (Å²) >= 11 is 0. The molecule has 126 valence electrons. The largest absolute Gasteiger partial charge is 0.444 e. The van der Waals surface area contributed by atoms with Crippen LogP contribution in [0.15, 0.2) is 18.2 Å². The van der Waals surface area contributed by atoms with Gasteiger partial charge in [0.25, 0.3) is 5.69 Å². The van der Waals surface area contributed by atoms with Crippen molar-refractivity contribution in [2.24, 2.45) is 0 Å². The summed E-state index contributed by atoms with van der Waals surface area (Å²) in [4.78, 5) is 33.6. The summed E-state index contributed by atoms with van der Waals surface area (Å²) in [6, 6.07) is 4.45. The van der Waals surface area contributed by atoms with Crippen LogP contribution in [0.1, 0.15) is 32.8 Å². The summed E-state index contributed by atoms with van der Waals surface area (Å²) in [5.74, 6) is -0.357. The van der Waals surface area contributed by atoms with Gasteiger partial charge in [0, 0.05) is 19.0 Å². The fraction of sp³-hybridized carbons (Fsp3) is 0.467. The monoisotopic (exact) mass is 323 g/mol. The average Bonchev–Trinajstić information content (AvgIpc) is 2.38. The fourth-order valence-corrected chi connectivity index (χ4v) is 1.76. The second-order valence-electron chi connectivity index (χ2n) is 5.93. The van der Waals surface area contributed by atoms with E-state index in [9.17, 15) is 19.7 Å². The molecule has 8 heteroatoms. The number of hydrogen-bond donors (Lipinski definition) is 2. The molecule has 0 heterocycles. The molecule has 2 amide bonds. The van der Waals surface area contributed by atoms with Crippen molar-refractivity contribution in [1.82, 2.24) is 5.32 Å². The van der Waals surface area contributed by atoms with E-state index in [1.54, 1.807) is 33.8 Å². The van der Waals surface area contributed by atoms with Gasteiger partial charge in [0.2, 0.25) is 5.91 Å². The number of alkyl carbamates (subject to hydrolysis) is 1. The molecular formula is C15H21N3O5. The molecule has 0 radical (unpaired) electrons. The van der Waals surface area contributed by atoms with Crippen LogP contribution in [0.25, 0.3) is 0 Å². The molecule has 1 rings (SSSR count). The lowest BCUT2D eigenvalue weighted by Crippen LogP contribution is -2.34. The Morgan fingerprint density at radius 2 is 1.96 bits per heavy atom. The average molecular weight is 323 g/mol. The van der Waals surface area contributed by atoms with Crippen molar-refractivity contribution in [1.29, 1.82) is 0 Å². The van der Waals surface area contributed by atoms with E-state index in [0.29, 0.717) is 11.3 Å². The fourth-order valence-electron chi connectivity index (χ4n) is 1.76. The van der Waals surface area contributed by atoms with E-state index in [0.717, 1.165) is 0 Å². The molecule has 0 saturated heterocycles. The summed E-state index contributed by atoms with van der Waals surface area (Å²) < 4.78 is 5.04. The normalized spacial score (nSPS) is 10.8. The third-order valence-electron chi connectivity index (χ3n) is 2.80. The van der Waals surface area contributed by atoms with Crippen LogP contribution in [-0.2, 0) is 9.53 Å². The number of carbonyl (C=O) groups is 2. The molecule has 0 bridgehead atoms. The van der Waals surface area contributed by atoms with Gasteiger partial charge in [-0.15, -0.1) is 0 Å². The summed E-state index contributed by atoms with van der Waals surface area (Å²) in [5.41, 5.74) is 0.0917. The summed E-state index contributed by atoms with van der Waals surface area (Å²) in [7, 11) is 0. The number of ether oxygens (including phenoxy) is 1. The standard InChI is InChI=1S/C15H21N3O5/c1-10-11(6-5-7-12(10)18(21)22)17-13(19)8-9-16-14(20)23-15(2,3)4/h5-7H,8-9H2,1-4H3,(H,16,20)(H,17,19). The van der Waals surface area contributed by atoms with Crippen LogP contribution in [-0.4, -0.2) is 29.1 Å². The third kappa shape index (κ3) is 6.33. The lowest BCUT2D eigenvalue weighted by atomic mass is 10.1. The van der Waals surface area contributed by atoms with Gasteiger partial charge in [-0.2, -0.15) is 0 Å². The number of carbonyl (C=O) groups excluding carboxylic acids is 2. The molecule has 1 aromatic rings. The van der Waals surface area contributed by atoms with E-state index >= 15 is 0 Å². The minimum Gasteiger partial charge on any atom is -0.444 e. The molecule has 1 aromatic carbocycles. The second kappa shape index (κ2) is 7.57. The van der Waals surface area contributed by atoms with Crippen LogP contribution in [0.3, 0.4) is 0 Å². The van der Waals surface area contributed by atoms with Gasteiger partial charge in [0.1, 0.15) is 5.60 Å². The highest BCUT2D eigenvalue weighted by Gasteiger charge is 2.17. The Morgan fingerprint density at radius 1 is 1.30 bits per heavy atom. The van der Waals surface area contributed by atoms with Gasteiger partial charge in [-0.05, 0) is 33.8 Å². The van der Waals surface area contributed by atoms with Gasteiger partial charge in [-0.25, -0.2) is 4.79 Å². The highest BCUT2D eigenvalue weighted by atomic mass is 16.6. The van der Waals surface area contributed by atoms with Crippen molar-refractivity contribution in [3.63, 3.8) is 0 Å². The van der Waals surface area contributed by atoms with Gasteiger partial charge < -0.3 is 15.4 Å². The molecule has 0 aliphatic heterocycles. The van der Waals surface area contributed by atoms with E-state index in [4.69, 9.17) is 4.74 Å². The molecular weight excluding hydrogens is 302 g/mol. The van der Waals surface area contributed by atoms with Gasteiger partial charge >= 0.3 is 6.09 Å². The number of rotatable bonds is 5. The van der Waals surface area contributed by atoms with Crippen molar-refractivity contribution in [3.8, 4) is 0 Å². The molecule has 8 nitrogen and oxygen atoms in total. The van der Waals surface area contributed by atoms with E-state index in [-0.39, 0.29) is 24.6 Å². The molecule has 0 spiro atoms. The van der Waals surface area contributed by atoms with Crippen molar-refractivity contribution < 1.29 is 19.2 Å². The zero-order chi connectivity index (χ0) is 17.6. The Labute approximate surface area is 134 Å². The lowest BCUT2D eigenvalue weighted by molar-refractivity contribution is -0.385. The summed E-state index contributed by atoms with van der Waals surface area (Å²) in [5, 5.41) is 15.9. The van der Waals surface area contributed by atoms with Crippen LogP contribution in [0.4, 0.5) is 16.2 Å². The topological polar surface area (TPSA) is 111 Å². The van der Waals surface area contributed by atoms with Crippen LogP contribution >= 0.6 is 0 Å². The minimum absolute atomic E-state index is 0.0291. The predicted octanol–water partition coefficient (Wildman–Crippen LogP) is 2.76. The number of amides is 2. The Morgan fingerprint density at radius 3 is 2.52 bits per heavy atom. The van der Waals surface area contributed by atoms with Crippen molar-refractivity contribution in [3.05, 3.63) is 33.9 Å². The van der Waals surface area contributed by atoms with Crippen LogP contribution < -0.4 is 10.6 Å². The molecule has 0 aromatic heterocycles. The Hall–Kier alpha value is -2.64. The highest BCUT2D eigenvalue weighted by molar-refractivity contribution is 5.92. The third-order valence-corrected chi connectivity index (χ3v) is 2.80. The lowest BCUT2D eigenvalue weighted by Gasteiger charge is -2.19. The minimum atomic E-state index is -0.605. The molecule has 0 aliphatic rings. The number of anilines is 1. The molecule has 2 N–H and O–H groups in total. The zero-order valence-corrected chi connectivity index (χ0v) is 13.6. The number of hydrogen-bond acceptors (Lipinski definition) is 5. The number of nitro benzene ring substituents is 1. The molecule has 0 saturated carbocycles. The first-order valence-corrected chi connectivity index (χ1v) is 7.11. The Balaban J connectivity index is 2.51. The first-order valence-electron chi connectivity index (χ1n) is 7.11. The summed E-state index contributed by atoms with van der Waals surface area (Å²) in [6.45, 7) is 6.89. The SMILES string of the molecule is Cc1c(NC(=O)CCNC(=O)OC(C)(C)C)cccc1[N+](=O)[O-]. The van der Waals surface area contributed by atoms with Gasteiger partial charge in [-0.1, -0.05) is 6.07 Å². The smallest absolute Gasteiger partial charge is 0.407 e. The van der Waals surface area contributed by atoms with Crippen LogP contribution in [0.2, 0.25) is 0 Å². The first kappa shape index (κ1) is 18.4. The Kier molecular flexibility index (Phi) is 6.06. The van der Waals surface area contributed by atoms with Gasteiger partial charge in [0.15, 0.2) is 0 Å². The van der Waals surface area contributed by atoms with Crippen LogP contribution in [0.5, 0.6) is 0 Å². The Bertz CT molecular complexity index is 608. The molecule has 0 atom stereocenters. The van der Waals surface area contributed by atoms with Crippen molar-refractivity contribution in [2.45, 2.75) is 39.7 Å². The van der Waals surface area contributed by atoms with Crippen molar-refractivity contribution >= 4 is 23.4 Å². The number of benzene rings is 1. The predicted molar refractivity (Wildman–Crippen MR) is 85.3 cm³/mol. The maximum Gasteiger partial charge on any atom is 0.407 e. The highest BCUT2D eigenvalue weighted by Crippen LogP contribution is 2.24. The van der Waals surface area contributed by atoms with Crippen molar-refractivity contribution in [2.75, 3.05) is 11.9 Å². The number of nitro groups is 1. The van der Waals surface area contributed by atoms with Gasteiger partial charge in [0.05, 0.1) is 16.2 Å². The molecule has 23 heavy (non-hydrogen) atoms. The molecule has 0 aliphatic carbocycles. The summed E-state index contributed by atoms with van der Waals surface area (Å²) in [6.07, 6.45) is -0.571. The van der Waals surface area contributed by atoms with Gasteiger partial charge in [-0.3, -0.25) is 14.9 Å². The quantitative estimate of drug-likeness (QED) is 0.639. The maximum absolute atomic E-state index is 11.8.